The van der Waals surface area contributed by atoms with E-state index in [1.807, 2.05) is 11.0 Å². The van der Waals surface area contributed by atoms with Gasteiger partial charge in [-0.15, -0.1) is 0 Å². The Labute approximate surface area is 195 Å². The van der Waals surface area contributed by atoms with Gasteiger partial charge in [-0.3, -0.25) is 0 Å². The number of hydrogen-bond donors (Lipinski definition) is 3. The van der Waals surface area contributed by atoms with E-state index in [1.165, 1.54) is 0 Å². The van der Waals surface area contributed by atoms with Gasteiger partial charge < -0.3 is 21.3 Å². The van der Waals surface area contributed by atoms with Crippen LogP contribution >= 0.6 is 0 Å². The molecule has 0 radical (unpaired) electrons. The second kappa shape index (κ2) is 8.70. The number of alkyl halides is 3. The quantitative estimate of drug-likeness (QED) is 0.459. The molecule has 0 spiro atoms. The van der Waals surface area contributed by atoms with E-state index >= 15 is 0 Å². The Hall–Kier alpha value is -3.49. The molecule has 2 bridgehead atoms. The van der Waals surface area contributed by atoms with Crippen molar-refractivity contribution in [3.63, 3.8) is 0 Å². The monoisotopic (exact) mass is 469 g/mol. The highest BCUT2D eigenvalue weighted by Gasteiger charge is 2.42. The van der Waals surface area contributed by atoms with Gasteiger partial charge in [0.2, 0.25) is 0 Å². The molecule has 2 amide bonds. The molecule has 5 rings (SSSR count). The lowest BCUT2D eigenvalue weighted by molar-refractivity contribution is -0.137. The van der Waals surface area contributed by atoms with Gasteiger partial charge in [-0.05, 0) is 61.9 Å². The summed E-state index contributed by atoms with van der Waals surface area (Å²) in [4.78, 5) is 18.5. The van der Waals surface area contributed by atoms with E-state index in [1.54, 1.807) is 36.5 Å². The van der Waals surface area contributed by atoms with E-state index < -0.39 is 17.8 Å². The van der Waals surface area contributed by atoms with Crippen molar-refractivity contribution in [2.24, 2.45) is 0 Å². The van der Waals surface area contributed by atoms with Crippen LogP contribution in [0.1, 0.15) is 43.2 Å². The SMILES string of the molecule is Nc1cc2c(NC(=O)NCc3ccc(N4C5CCCC4CC5)c(C(F)(F)F)c3)cccc2cn1. The number of carbonyl (C=O) groups excluding carboxylic acids is 1. The van der Waals surface area contributed by atoms with E-state index in [0.717, 1.165) is 48.9 Å². The van der Waals surface area contributed by atoms with E-state index in [9.17, 15) is 18.0 Å². The summed E-state index contributed by atoms with van der Waals surface area (Å²) in [6.07, 6.45) is 1.98. The van der Waals surface area contributed by atoms with E-state index in [4.69, 9.17) is 5.73 Å². The lowest BCUT2D eigenvalue weighted by Crippen LogP contribution is -2.40. The van der Waals surface area contributed by atoms with Gasteiger partial charge in [0, 0.05) is 41.3 Å². The lowest BCUT2D eigenvalue weighted by atomic mass is 9.99. The first-order valence-corrected chi connectivity index (χ1v) is 11.5. The molecule has 9 heteroatoms. The number of piperidine rings is 1. The molecule has 178 valence electrons. The van der Waals surface area contributed by atoms with Crippen molar-refractivity contribution in [2.75, 3.05) is 16.0 Å². The molecule has 2 aliphatic rings. The van der Waals surface area contributed by atoms with Gasteiger partial charge in [0.15, 0.2) is 0 Å². The average molecular weight is 470 g/mol. The van der Waals surface area contributed by atoms with Crippen LogP contribution in [0.4, 0.5) is 35.2 Å². The van der Waals surface area contributed by atoms with Gasteiger partial charge in [-0.2, -0.15) is 13.2 Å². The Morgan fingerprint density at radius 3 is 2.59 bits per heavy atom. The molecule has 0 saturated carbocycles. The number of aromatic nitrogens is 1. The van der Waals surface area contributed by atoms with Crippen molar-refractivity contribution >= 4 is 34.0 Å². The van der Waals surface area contributed by atoms with Crippen LogP contribution in [0.3, 0.4) is 0 Å². The van der Waals surface area contributed by atoms with Crippen molar-refractivity contribution in [3.8, 4) is 0 Å². The molecule has 2 saturated heterocycles. The number of rotatable bonds is 4. The predicted molar refractivity (Wildman–Crippen MR) is 127 cm³/mol. The second-order valence-electron chi connectivity index (χ2n) is 9.02. The standard InChI is InChI=1S/C25H26F3N5O/c26-25(27,28)20-11-15(7-10-22(20)33-17-4-2-5-18(33)9-8-17)13-31-24(34)32-21-6-1-3-16-14-30-23(29)12-19(16)21/h1,3,6-7,10-12,14,17-18H,2,4-5,8-9,13H2,(H2,29,30)(H2,31,32,34). The van der Waals surface area contributed by atoms with Crippen molar-refractivity contribution in [1.29, 1.82) is 0 Å². The molecule has 3 aromatic rings. The first-order chi connectivity index (χ1) is 16.3. The summed E-state index contributed by atoms with van der Waals surface area (Å²) in [5.41, 5.74) is 6.31. The van der Waals surface area contributed by atoms with Crippen LogP contribution in [0.5, 0.6) is 0 Å². The van der Waals surface area contributed by atoms with Gasteiger partial charge in [0.25, 0.3) is 0 Å². The minimum Gasteiger partial charge on any atom is -0.384 e. The fourth-order valence-corrected chi connectivity index (χ4v) is 5.30. The molecule has 1 aromatic heterocycles. The van der Waals surface area contributed by atoms with Crippen molar-refractivity contribution in [2.45, 2.75) is 56.9 Å². The van der Waals surface area contributed by atoms with Gasteiger partial charge in [-0.1, -0.05) is 18.2 Å². The molecule has 2 fully saturated rings. The molecule has 2 atom stereocenters. The molecule has 0 aliphatic carbocycles. The number of hydrogen-bond acceptors (Lipinski definition) is 4. The van der Waals surface area contributed by atoms with Gasteiger partial charge in [0.05, 0.1) is 11.3 Å². The molecule has 6 nitrogen and oxygen atoms in total. The number of amides is 2. The smallest absolute Gasteiger partial charge is 0.384 e. The third kappa shape index (κ3) is 4.34. The number of nitrogen functional groups attached to an aromatic ring is 1. The Balaban J connectivity index is 1.32. The average Bonchev–Trinajstić information content (AvgIpc) is 3.05. The Morgan fingerprint density at radius 1 is 1.09 bits per heavy atom. The Kier molecular flexibility index (Phi) is 5.71. The summed E-state index contributed by atoms with van der Waals surface area (Å²) < 4.78 is 42.0. The zero-order valence-corrected chi connectivity index (χ0v) is 18.5. The molecule has 34 heavy (non-hydrogen) atoms. The van der Waals surface area contributed by atoms with Crippen LogP contribution in [0.2, 0.25) is 0 Å². The van der Waals surface area contributed by atoms with Gasteiger partial charge in [-0.25, -0.2) is 9.78 Å². The minimum absolute atomic E-state index is 0.0312. The Bertz CT molecular complexity index is 1210. The summed E-state index contributed by atoms with van der Waals surface area (Å²) in [5, 5.41) is 6.94. The fourth-order valence-electron chi connectivity index (χ4n) is 5.30. The number of pyridine rings is 1. The molecular formula is C25H26F3N5O. The van der Waals surface area contributed by atoms with Crippen LogP contribution < -0.4 is 21.3 Å². The normalized spacial score (nSPS) is 19.9. The summed E-state index contributed by atoms with van der Waals surface area (Å²) in [5.74, 6) is 0.323. The number of anilines is 3. The number of nitrogens with two attached hydrogens (primary N) is 1. The highest BCUT2D eigenvalue weighted by Crippen LogP contribution is 2.45. The third-order valence-corrected chi connectivity index (χ3v) is 6.83. The topological polar surface area (TPSA) is 83.3 Å². The van der Waals surface area contributed by atoms with E-state index in [0.29, 0.717) is 17.1 Å². The minimum atomic E-state index is -4.47. The van der Waals surface area contributed by atoms with Crippen molar-refractivity contribution in [1.82, 2.24) is 10.3 Å². The summed E-state index contributed by atoms with van der Waals surface area (Å²) in [6.45, 7) is -0.0312. The van der Waals surface area contributed by atoms with Crippen LogP contribution in [0.15, 0.2) is 48.7 Å². The van der Waals surface area contributed by atoms with Crippen molar-refractivity contribution in [3.05, 3.63) is 59.8 Å². The molecule has 3 heterocycles. The number of halogens is 3. The highest BCUT2D eigenvalue weighted by atomic mass is 19.4. The number of fused-ring (bicyclic) bond motifs is 3. The number of benzene rings is 2. The van der Waals surface area contributed by atoms with Crippen LogP contribution in [0, 0.1) is 0 Å². The summed E-state index contributed by atoms with van der Waals surface area (Å²) >= 11 is 0. The van der Waals surface area contributed by atoms with Crippen molar-refractivity contribution < 1.29 is 18.0 Å². The van der Waals surface area contributed by atoms with Gasteiger partial charge in [0.1, 0.15) is 5.82 Å². The maximum Gasteiger partial charge on any atom is 0.418 e. The molecule has 2 aliphatic heterocycles. The summed E-state index contributed by atoms with van der Waals surface area (Å²) in [6, 6.07) is 11.2. The zero-order valence-electron chi connectivity index (χ0n) is 18.5. The number of nitrogens with zero attached hydrogens (tertiary/aromatic N) is 2. The number of nitrogens with one attached hydrogen (secondary N) is 2. The van der Waals surface area contributed by atoms with E-state index in [2.05, 4.69) is 15.6 Å². The third-order valence-electron chi connectivity index (χ3n) is 6.83. The highest BCUT2D eigenvalue weighted by molar-refractivity contribution is 6.02. The van der Waals surface area contributed by atoms with E-state index in [-0.39, 0.29) is 24.3 Å². The molecule has 2 aromatic carbocycles. The van der Waals surface area contributed by atoms with Crippen LogP contribution in [-0.2, 0) is 12.7 Å². The first-order valence-electron chi connectivity index (χ1n) is 11.5. The lowest BCUT2D eigenvalue weighted by Gasteiger charge is -2.38. The predicted octanol–water partition coefficient (Wildman–Crippen LogP) is 5.68. The number of urea groups is 1. The Morgan fingerprint density at radius 2 is 1.85 bits per heavy atom. The number of carbonyl (C=O) groups is 1. The van der Waals surface area contributed by atoms with Crippen LogP contribution in [0.25, 0.3) is 10.8 Å². The molecule has 4 N–H and O–H groups in total. The summed E-state index contributed by atoms with van der Waals surface area (Å²) in [7, 11) is 0. The molecular weight excluding hydrogens is 443 g/mol. The van der Waals surface area contributed by atoms with Gasteiger partial charge >= 0.3 is 12.2 Å². The maximum atomic E-state index is 14.0. The van der Waals surface area contributed by atoms with Crippen LogP contribution in [-0.4, -0.2) is 23.1 Å². The zero-order chi connectivity index (χ0) is 23.9. The fraction of sp³-hybridized carbons (Fsp3) is 0.360. The largest absolute Gasteiger partial charge is 0.418 e. The maximum absolute atomic E-state index is 14.0. The first kappa shape index (κ1) is 22.3. The second-order valence-corrected chi connectivity index (χ2v) is 9.02. The molecule has 2 unspecified atom stereocenters.